The molecule has 0 saturated heterocycles. The van der Waals surface area contributed by atoms with Crippen molar-refractivity contribution >= 4 is 65.6 Å². The molecular weight excluding hydrogens is 601 g/mol. The van der Waals surface area contributed by atoms with Crippen LogP contribution in [0.25, 0.3) is 88.1 Å². The zero-order chi connectivity index (χ0) is 32.6. The minimum atomic E-state index is 0.574. The molecule has 7 aromatic carbocycles. The van der Waals surface area contributed by atoms with Crippen LogP contribution < -0.4 is 0 Å². The largest absolute Gasteiger partial charge is 0.455 e. The van der Waals surface area contributed by atoms with E-state index in [9.17, 15) is 10.5 Å². The van der Waals surface area contributed by atoms with Gasteiger partial charge in [0, 0.05) is 38.2 Å². The molecule has 226 valence electrons. The fourth-order valence-electron chi connectivity index (χ4n) is 7.64. The van der Waals surface area contributed by atoms with Crippen molar-refractivity contribution in [3.8, 4) is 34.6 Å². The lowest BCUT2D eigenvalue weighted by atomic mass is 9.99. The molecule has 3 aromatic heterocycles. The van der Waals surface area contributed by atoms with E-state index < -0.39 is 0 Å². The number of hydrogen-bond acceptors (Lipinski definition) is 3. The molecule has 5 heteroatoms. The summed E-state index contributed by atoms with van der Waals surface area (Å²) in [7, 11) is 0. The Labute approximate surface area is 280 Å². The molecule has 5 nitrogen and oxygen atoms in total. The summed E-state index contributed by atoms with van der Waals surface area (Å²) in [5.74, 6) is 0. The third-order valence-corrected chi connectivity index (χ3v) is 9.77. The summed E-state index contributed by atoms with van der Waals surface area (Å²) in [6.07, 6.45) is 0. The third-order valence-electron chi connectivity index (χ3n) is 9.77. The molecule has 10 rings (SSSR count). The quantitative estimate of drug-likeness (QED) is 0.196. The Morgan fingerprint density at radius 1 is 0.469 bits per heavy atom. The lowest BCUT2D eigenvalue weighted by Crippen LogP contribution is -1.99. The number of aromatic nitrogens is 2. The average Bonchev–Trinajstić information content (AvgIpc) is 3.82. The zero-order valence-corrected chi connectivity index (χ0v) is 26.1. The molecule has 0 spiro atoms. The van der Waals surface area contributed by atoms with Crippen LogP contribution in [0.3, 0.4) is 0 Å². The van der Waals surface area contributed by atoms with E-state index in [-0.39, 0.29) is 0 Å². The molecule has 49 heavy (non-hydrogen) atoms. The van der Waals surface area contributed by atoms with Crippen LogP contribution in [-0.2, 0) is 0 Å². The van der Waals surface area contributed by atoms with Crippen LogP contribution >= 0.6 is 0 Å². The topological polar surface area (TPSA) is 70.6 Å². The number of fused-ring (bicyclic) bond motifs is 10. The highest BCUT2D eigenvalue weighted by Crippen LogP contribution is 2.43. The summed E-state index contributed by atoms with van der Waals surface area (Å²) in [4.78, 5) is 0. The highest BCUT2D eigenvalue weighted by molar-refractivity contribution is 6.24. The first-order chi connectivity index (χ1) is 24.2. The van der Waals surface area contributed by atoms with Crippen LogP contribution in [-0.4, -0.2) is 9.13 Å². The molecule has 0 aliphatic carbocycles. The van der Waals surface area contributed by atoms with Crippen molar-refractivity contribution in [3.63, 3.8) is 0 Å². The second-order valence-electron chi connectivity index (χ2n) is 12.4. The summed E-state index contributed by atoms with van der Waals surface area (Å²) in [6.45, 7) is 0. The van der Waals surface area contributed by atoms with Gasteiger partial charge in [-0.1, -0.05) is 72.8 Å². The van der Waals surface area contributed by atoms with E-state index in [2.05, 4.69) is 100 Å². The molecule has 0 aliphatic rings. The average molecular weight is 625 g/mol. The predicted octanol–water partition coefficient (Wildman–Crippen LogP) is 11.2. The molecule has 0 amide bonds. The molecule has 10 aromatic rings. The molecule has 0 aliphatic heterocycles. The monoisotopic (exact) mass is 624 g/mol. The van der Waals surface area contributed by atoms with Crippen LogP contribution in [0.15, 0.2) is 150 Å². The second kappa shape index (κ2) is 10.2. The maximum absolute atomic E-state index is 10.0. The Bertz CT molecular complexity index is 3070. The van der Waals surface area contributed by atoms with Gasteiger partial charge in [0.15, 0.2) is 0 Å². The van der Waals surface area contributed by atoms with E-state index in [1.807, 2.05) is 66.7 Å². The van der Waals surface area contributed by atoms with E-state index in [1.54, 1.807) is 0 Å². The normalized spacial score (nSPS) is 11.6. The molecule has 3 heterocycles. The van der Waals surface area contributed by atoms with Crippen molar-refractivity contribution in [3.05, 3.63) is 157 Å². The minimum absolute atomic E-state index is 0.574. The first-order valence-corrected chi connectivity index (χ1v) is 16.1. The van der Waals surface area contributed by atoms with E-state index >= 15 is 0 Å². The Morgan fingerprint density at radius 3 is 2.02 bits per heavy atom. The smallest absolute Gasteiger partial charge is 0.145 e. The van der Waals surface area contributed by atoms with Crippen LogP contribution in [0.4, 0.5) is 0 Å². The summed E-state index contributed by atoms with van der Waals surface area (Å²) in [6, 6.07) is 54.2. The first kappa shape index (κ1) is 27.1. The SMILES string of the molecule is N#Cc1ccc(-c2ccc3c4c5oc6ccccc6c5ccc4n(-c4ccccc4)c3c2)c(-n2c3ccccc3c3cc(C#N)ccc32)c1. The molecule has 0 fully saturated rings. The summed E-state index contributed by atoms with van der Waals surface area (Å²) in [5.41, 5.74) is 11.0. The highest BCUT2D eigenvalue weighted by atomic mass is 16.3. The van der Waals surface area contributed by atoms with E-state index in [1.165, 1.54) is 0 Å². The summed E-state index contributed by atoms with van der Waals surface area (Å²) < 4.78 is 11.1. The molecule has 0 N–H and O–H groups in total. The fourth-order valence-corrected chi connectivity index (χ4v) is 7.64. The van der Waals surface area contributed by atoms with Crippen molar-refractivity contribution in [1.82, 2.24) is 9.13 Å². The van der Waals surface area contributed by atoms with Gasteiger partial charge < -0.3 is 13.6 Å². The molecule has 0 unspecified atom stereocenters. The molecule has 0 radical (unpaired) electrons. The van der Waals surface area contributed by atoms with Crippen LogP contribution in [0.2, 0.25) is 0 Å². The van der Waals surface area contributed by atoms with Crippen molar-refractivity contribution in [2.45, 2.75) is 0 Å². The molecule has 0 bridgehead atoms. The number of furan rings is 1. The summed E-state index contributed by atoms with van der Waals surface area (Å²) >= 11 is 0. The van der Waals surface area contributed by atoms with Crippen molar-refractivity contribution in [2.75, 3.05) is 0 Å². The number of nitriles is 2. The Hall–Kier alpha value is -7.08. The zero-order valence-electron chi connectivity index (χ0n) is 26.1. The molecular formula is C44H24N4O. The van der Waals surface area contributed by atoms with Gasteiger partial charge in [0.2, 0.25) is 0 Å². The number of benzene rings is 7. The third kappa shape index (κ3) is 3.85. The van der Waals surface area contributed by atoms with E-state index in [0.717, 1.165) is 88.1 Å². The first-order valence-electron chi connectivity index (χ1n) is 16.1. The minimum Gasteiger partial charge on any atom is -0.455 e. The number of rotatable bonds is 3. The fraction of sp³-hybridized carbons (Fsp3) is 0. The van der Waals surface area contributed by atoms with Crippen LogP contribution in [0.1, 0.15) is 11.1 Å². The van der Waals surface area contributed by atoms with Gasteiger partial charge in [-0.15, -0.1) is 0 Å². The van der Waals surface area contributed by atoms with Gasteiger partial charge in [-0.3, -0.25) is 0 Å². The maximum Gasteiger partial charge on any atom is 0.145 e. The Balaban J connectivity index is 1.30. The van der Waals surface area contributed by atoms with E-state index in [0.29, 0.717) is 11.1 Å². The summed E-state index contributed by atoms with van der Waals surface area (Å²) in [5, 5.41) is 26.2. The predicted molar refractivity (Wildman–Crippen MR) is 197 cm³/mol. The standard InChI is InChI=1S/C44H24N4O/c45-25-27-15-20-38-36(22-27)32-10-4-6-12-37(32)48(38)40-23-28(26-46)14-17-31(40)29-16-18-35-41(24-29)47(30-8-2-1-3-9-30)39-21-19-34-33-11-5-7-13-42(33)49-44(34)43(35)39/h1-24H. The van der Waals surface area contributed by atoms with Crippen molar-refractivity contribution in [1.29, 1.82) is 10.5 Å². The lowest BCUT2D eigenvalue weighted by Gasteiger charge is -2.15. The van der Waals surface area contributed by atoms with Crippen LogP contribution in [0.5, 0.6) is 0 Å². The maximum atomic E-state index is 10.0. The number of hydrogen-bond donors (Lipinski definition) is 0. The van der Waals surface area contributed by atoms with Gasteiger partial charge in [-0.2, -0.15) is 10.5 Å². The Morgan fingerprint density at radius 2 is 1.16 bits per heavy atom. The van der Waals surface area contributed by atoms with Gasteiger partial charge >= 0.3 is 0 Å². The van der Waals surface area contributed by atoms with Gasteiger partial charge in [0.25, 0.3) is 0 Å². The molecule has 0 atom stereocenters. The van der Waals surface area contributed by atoms with Crippen molar-refractivity contribution in [2.24, 2.45) is 0 Å². The van der Waals surface area contributed by atoms with Gasteiger partial charge in [0.1, 0.15) is 11.2 Å². The highest BCUT2D eigenvalue weighted by Gasteiger charge is 2.21. The second-order valence-corrected chi connectivity index (χ2v) is 12.4. The van der Waals surface area contributed by atoms with E-state index in [4.69, 9.17) is 4.42 Å². The number of para-hydroxylation sites is 3. The van der Waals surface area contributed by atoms with Gasteiger partial charge in [0.05, 0.1) is 56.4 Å². The lowest BCUT2D eigenvalue weighted by molar-refractivity contribution is 0.673. The number of nitrogens with zero attached hydrogens (tertiary/aromatic N) is 4. The Kier molecular flexibility index (Phi) is 5.64. The van der Waals surface area contributed by atoms with Crippen LogP contribution in [0, 0.1) is 22.7 Å². The molecule has 0 saturated carbocycles. The van der Waals surface area contributed by atoms with Crippen molar-refractivity contribution < 1.29 is 4.42 Å². The van der Waals surface area contributed by atoms with Gasteiger partial charge in [-0.05, 0) is 78.4 Å². The van der Waals surface area contributed by atoms with Gasteiger partial charge in [-0.25, -0.2) is 0 Å².